The minimum Gasteiger partial charge on any atom is -0.342 e. The molecule has 3 rings (SSSR count). The molecule has 98 valence electrons. The van der Waals surface area contributed by atoms with Crippen LogP contribution in [0.1, 0.15) is 24.1 Å². The maximum atomic E-state index is 6.16. The predicted molar refractivity (Wildman–Crippen MR) is 79.3 cm³/mol. The summed E-state index contributed by atoms with van der Waals surface area (Å²) in [7, 11) is 0. The number of hydrogen-bond acceptors (Lipinski definition) is 3. The van der Waals surface area contributed by atoms with Gasteiger partial charge in [0, 0.05) is 17.5 Å². The summed E-state index contributed by atoms with van der Waals surface area (Å²) >= 11 is 17.4. The lowest BCUT2D eigenvalue weighted by molar-refractivity contribution is 0.661. The molecular formula is C13H11Cl2N3S. The van der Waals surface area contributed by atoms with E-state index in [0.717, 1.165) is 24.1 Å². The Labute approximate surface area is 126 Å². The van der Waals surface area contributed by atoms with Crippen LogP contribution in [0.2, 0.25) is 10.0 Å². The van der Waals surface area contributed by atoms with Crippen LogP contribution >= 0.6 is 35.4 Å². The number of aromatic amines is 1. The Balaban J connectivity index is 2.15. The first-order valence-corrected chi connectivity index (χ1v) is 7.25. The smallest absolute Gasteiger partial charge is 0.159 e. The fourth-order valence-electron chi connectivity index (χ4n) is 2.32. The van der Waals surface area contributed by atoms with Gasteiger partial charge in [-0.1, -0.05) is 35.4 Å². The van der Waals surface area contributed by atoms with Crippen molar-refractivity contribution in [3.63, 3.8) is 0 Å². The fourth-order valence-corrected chi connectivity index (χ4v) is 3.11. The molecule has 1 aliphatic carbocycles. The van der Waals surface area contributed by atoms with Crippen molar-refractivity contribution in [2.24, 2.45) is 0 Å². The van der Waals surface area contributed by atoms with Gasteiger partial charge in [0.25, 0.3) is 0 Å². The molecule has 0 unspecified atom stereocenters. The van der Waals surface area contributed by atoms with Gasteiger partial charge in [-0.05, 0) is 31.7 Å². The second-order valence-corrected chi connectivity index (χ2v) is 5.77. The number of halogens is 2. The molecule has 1 N–H and O–H groups in total. The van der Waals surface area contributed by atoms with E-state index in [1.807, 2.05) is 0 Å². The number of rotatable bonds is 1. The van der Waals surface area contributed by atoms with Crippen LogP contribution < -0.4 is 0 Å². The number of hydrogen-bond donors (Lipinski definition) is 1. The van der Waals surface area contributed by atoms with E-state index in [4.69, 9.17) is 35.4 Å². The van der Waals surface area contributed by atoms with Crippen molar-refractivity contribution in [1.82, 2.24) is 15.0 Å². The Morgan fingerprint density at radius 3 is 2.79 bits per heavy atom. The van der Waals surface area contributed by atoms with Crippen molar-refractivity contribution >= 4 is 35.4 Å². The third-order valence-electron chi connectivity index (χ3n) is 3.24. The van der Waals surface area contributed by atoms with Crippen molar-refractivity contribution in [1.29, 1.82) is 0 Å². The quantitative estimate of drug-likeness (QED) is 0.794. The van der Waals surface area contributed by atoms with E-state index >= 15 is 0 Å². The molecule has 0 saturated carbocycles. The zero-order chi connectivity index (χ0) is 13.4. The van der Waals surface area contributed by atoms with Crippen LogP contribution in [0.4, 0.5) is 0 Å². The molecule has 0 spiro atoms. The van der Waals surface area contributed by atoms with Gasteiger partial charge < -0.3 is 4.98 Å². The topological polar surface area (TPSA) is 41.6 Å². The van der Waals surface area contributed by atoms with E-state index in [0.29, 0.717) is 26.2 Å². The van der Waals surface area contributed by atoms with E-state index in [-0.39, 0.29) is 0 Å². The molecule has 2 heterocycles. The molecule has 3 nitrogen and oxygen atoms in total. The Bertz CT molecular complexity index is 697. The van der Waals surface area contributed by atoms with Gasteiger partial charge in [0.2, 0.25) is 0 Å². The summed E-state index contributed by atoms with van der Waals surface area (Å²) < 4.78 is 0.649. The summed E-state index contributed by atoms with van der Waals surface area (Å²) in [5, 5.41) is 0.978. The van der Waals surface area contributed by atoms with Crippen LogP contribution in [0.5, 0.6) is 0 Å². The molecule has 0 atom stereocenters. The third-order valence-corrected chi connectivity index (χ3v) is 4.07. The second-order valence-electron chi connectivity index (χ2n) is 4.54. The Morgan fingerprint density at radius 1 is 1.21 bits per heavy atom. The van der Waals surface area contributed by atoms with Crippen LogP contribution in [0, 0.1) is 4.64 Å². The lowest BCUT2D eigenvalue weighted by atomic mass is 9.97. The van der Waals surface area contributed by atoms with Crippen molar-refractivity contribution in [2.75, 3.05) is 0 Å². The van der Waals surface area contributed by atoms with E-state index in [1.54, 1.807) is 12.3 Å². The maximum absolute atomic E-state index is 6.16. The molecule has 0 bridgehead atoms. The van der Waals surface area contributed by atoms with Gasteiger partial charge in [-0.15, -0.1) is 0 Å². The number of nitrogens with zero attached hydrogens (tertiary/aromatic N) is 2. The summed E-state index contributed by atoms with van der Waals surface area (Å²) in [6.45, 7) is 0. The van der Waals surface area contributed by atoms with Gasteiger partial charge in [0.15, 0.2) is 5.82 Å². The van der Waals surface area contributed by atoms with Gasteiger partial charge in [0.05, 0.1) is 10.0 Å². The summed E-state index contributed by atoms with van der Waals surface area (Å²) in [5.41, 5.74) is 2.91. The molecule has 0 aromatic carbocycles. The number of H-pyrrole nitrogens is 1. The van der Waals surface area contributed by atoms with Crippen molar-refractivity contribution in [2.45, 2.75) is 25.7 Å². The minimum atomic E-state index is 0.474. The highest BCUT2D eigenvalue weighted by Crippen LogP contribution is 2.28. The number of pyridine rings is 1. The Morgan fingerprint density at radius 2 is 2.00 bits per heavy atom. The monoisotopic (exact) mass is 311 g/mol. The minimum absolute atomic E-state index is 0.474. The second kappa shape index (κ2) is 5.19. The first kappa shape index (κ1) is 13.0. The number of aromatic nitrogens is 3. The molecule has 0 radical (unpaired) electrons. The summed E-state index contributed by atoms with van der Waals surface area (Å²) in [4.78, 5) is 12.0. The van der Waals surface area contributed by atoms with Crippen molar-refractivity contribution < 1.29 is 0 Å². The number of aryl methyl sites for hydroxylation is 1. The maximum Gasteiger partial charge on any atom is 0.159 e. The highest BCUT2D eigenvalue weighted by molar-refractivity contribution is 7.71. The summed E-state index contributed by atoms with van der Waals surface area (Å²) in [6.07, 6.45) is 5.90. The fraction of sp³-hybridized carbons (Fsp3) is 0.308. The standard InChI is InChI=1S/C13H11Cl2N3S/c14-7-5-9(15)11(16-6-7)12-17-10-4-2-1-3-8(10)13(19)18-12/h5-6H,1-4H2,(H,17,18,19). The zero-order valence-corrected chi connectivity index (χ0v) is 12.4. The zero-order valence-electron chi connectivity index (χ0n) is 10.0. The van der Waals surface area contributed by atoms with Crippen LogP contribution in [0.25, 0.3) is 11.5 Å². The van der Waals surface area contributed by atoms with Gasteiger partial charge in [-0.2, -0.15) is 0 Å². The lowest BCUT2D eigenvalue weighted by Gasteiger charge is -2.16. The van der Waals surface area contributed by atoms with Crippen molar-refractivity contribution in [3.05, 3.63) is 38.2 Å². The molecule has 2 aromatic heterocycles. The third kappa shape index (κ3) is 2.53. The van der Waals surface area contributed by atoms with E-state index in [1.165, 1.54) is 12.8 Å². The van der Waals surface area contributed by atoms with E-state index in [9.17, 15) is 0 Å². The molecule has 2 aromatic rings. The summed E-state index contributed by atoms with van der Waals surface area (Å²) in [6, 6.07) is 1.66. The average Bonchev–Trinajstić information content (AvgIpc) is 2.38. The first-order chi connectivity index (χ1) is 9.15. The Hall–Kier alpha value is -0.970. The predicted octanol–water partition coefficient (Wildman–Crippen LogP) is 4.39. The molecule has 0 aliphatic heterocycles. The van der Waals surface area contributed by atoms with Crippen LogP contribution in [0.15, 0.2) is 12.3 Å². The molecule has 0 amide bonds. The number of nitrogens with one attached hydrogen (secondary N) is 1. The first-order valence-electron chi connectivity index (χ1n) is 6.08. The molecule has 0 fully saturated rings. The van der Waals surface area contributed by atoms with Gasteiger partial charge in [-0.3, -0.25) is 0 Å². The Kier molecular flexibility index (Phi) is 3.56. The lowest BCUT2D eigenvalue weighted by Crippen LogP contribution is -2.09. The van der Waals surface area contributed by atoms with Crippen LogP contribution in [0.3, 0.4) is 0 Å². The summed E-state index contributed by atoms with van der Waals surface area (Å²) in [5.74, 6) is 0.618. The molecular weight excluding hydrogens is 301 g/mol. The van der Waals surface area contributed by atoms with Gasteiger partial charge in [0.1, 0.15) is 10.3 Å². The number of fused-ring (bicyclic) bond motifs is 1. The van der Waals surface area contributed by atoms with Crippen LogP contribution in [-0.4, -0.2) is 15.0 Å². The highest BCUT2D eigenvalue weighted by atomic mass is 35.5. The molecule has 19 heavy (non-hydrogen) atoms. The largest absolute Gasteiger partial charge is 0.342 e. The highest BCUT2D eigenvalue weighted by Gasteiger charge is 2.16. The van der Waals surface area contributed by atoms with Gasteiger partial charge in [-0.25, -0.2) is 9.97 Å². The van der Waals surface area contributed by atoms with E-state index < -0.39 is 0 Å². The van der Waals surface area contributed by atoms with Crippen molar-refractivity contribution in [3.8, 4) is 11.5 Å². The average molecular weight is 312 g/mol. The SMILES string of the molecule is S=c1nc(-c2ncc(Cl)cc2Cl)[nH]c2c1CCCC2. The normalized spacial score (nSPS) is 14.2. The van der Waals surface area contributed by atoms with Crippen LogP contribution in [-0.2, 0) is 12.8 Å². The molecule has 0 saturated heterocycles. The van der Waals surface area contributed by atoms with E-state index in [2.05, 4.69) is 15.0 Å². The van der Waals surface area contributed by atoms with Gasteiger partial charge >= 0.3 is 0 Å². The molecule has 6 heteroatoms. The molecule has 1 aliphatic rings.